The van der Waals surface area contributed by atoms with Crippen molar-refractivity contribution in [2.24, 2.45) is 0 Å². The van der Waals surface area contributed by atoms with Gasteiger partial charge in [-0.1, -0.05) is 32.0 Å². The normalized spacial score (nSPS) is 12.6. The number of aryl methyl sites for hydroxylation is 1. The van der Waals surface area contributed by atoms with Gasteiger partial charge in [0, 0.05) is 12.2 Å². The maximum atomic E-state index is 4.41. The molecule has 96 valence electrons. The van der Waals surface area contributed by atoms with E-state index < -0.39 is 0 Å². The molecule has 0 spiro atoms. The first-order valence-electron chi connectivity index (χ1n) is 6.60. The van der Waals surface area contributed by atoms with Crippen LogP contribution in [-0.2, 0) is 0 Å². The fourth-order valence-electron chi connectivity index (χ4n) is 2.26. The largest absolute Gasteiger partial charge is 0.310 e. The van der Waals surface area contributed by atoms with Crippen LogP contribution in [0.2, 0.25) is 0 Å². The highest BCUT2D eigenvalue weighted by Crippen LogP contribution is 2.23. The van der Waals surface area contributed by atoms with E-state index in [1.807, 2.05) is 10.9 Å². The first kappa shape index (κ1) is 12.8. The minimum atomic E-state index is 0.385. The molecule has 0 aliphatic heterocycles. The zero-order valence-corrected chi connectivity index (χ0v) is 11.4. The number of hydrogen-bond acceptors (Lipinski definition) is 2. The lowest BCUT2D eigenvalue weighted by atomic mass is 10.0. The van der Waals surface area contributed by atoms with E-state index in [2.05, 4.69) is 61.6 Å². The zero-order valence-electron chi connectivity index (χ0n) is 11.4. The molecule has 1 aromatic carbocycles. The van der Waals surface area contributed by atoms with Crippen molar-refractivity contribution in [2.45, 2.75) is 33.2 Å². The Balaban J connectivity index is 2.41. The number of nitrogens with zero attached hydrogens (tertiary/aromatic N) is 2. The molecular formula is C15H21N3. The van der Waals surface area contributed by atoms with Gasteiger partial charge >= 0.3 is 0 Å². The molecule has 3 nitrogen and oxygen atoms in total. The fourth-order valence-corrected chi connectivity index (χ4v) is 2.26. The van der Waals surface area contributed by atoms with Gasteiger partial charge in [-0.05, 0) is 37.1 Å². The van der Waals surface area contributed by atoms with Crippen molar-refractivity contribution < 1.29 is 0 Å². The number of benzene rings is 1. The summed E-state index contributed by atoms with van der Waals surface area (Å²) in [5.41, 5.74) is 3.66. The highest BCUT2D eigenvalue weighted by molar-refractivity contribution is 5.42. The maximum Gasteiger partial charge on any atom is 0.0693 e. The number of rotatable bonds is 5. The maximum absolute atomic E-state index is 4.41. The van der Waals surface area contributed by atoms with E-state index in [0.717, 1.165) is 13.0 Å². The topological polar surface area (TPSA) is 29.9 Å². The lowest BCUT2D eigenvalue weighted by Gasteiger charge is -2.19. The van der Waals surface area contributed by atoms with Crippen molar-refractivity contribution in [3.05, 3.63) is 47.8 Å². The SMILES string of the molecule is CCNC(CC)c1ccccc1-n1cc(C)cn1. The number of hydrogen-bond donors (Lipinski definition) is 1. The molecule has 0 amide bonds. The Bertz CT molecular complexity index is 502. The molecule has 0 aliphatic carbocycles. The molecule has 1 atom stereocenters. The van der Waals surface area contributed by atoms with Gasteiger partial charge in [-0.2, -0.15) is 5.10 Å². The summed E-state index contributed by atoms with van der Waals surface area (Å²) in [6.07, 6.45) is 5.04. The highest BCUT2D eigenvalue weighted by Gasteiger charge is 2.13. The minimum Gasteiger partial charge on any atom is -0.310 e. The summed E-state index contributed by atoms with van der Waals surface area (Å²) in [6.45, 7) is 7.39. The number of aromatic nitrogens is 2. The van der Waals surface area contributed by atoms with Crippen molar-refractivity contribution in [3.8, 4) is 5.69 Å². The number of nitrogens with one attached hydrogen (secondary N) is 1. The highest BCUT2D eigenvalue weighted by atomic mass is 15.3. The van der Waals surface area contributed by atoms with Crippen molar-refractivity contribution in [1.29, 1.82) is 0 Å². The summed E-state index contributed by atoms with van der Waals surface area (Å²) < 4.78 is 1.96. The third-order valence-corrected chi connectivity index (χ3v) is 3.13. The Morgan fingerprint density at radius 1 is 1.28 bits per heavy atom. The molecule has 0 radical (unpaired) electrons. The molecular weight excluding hydrogens is 222 g/mol. The second-order valence-electron chi connectivity index (χ2n) is 4.54. The molecule has 0 saturated heterocycles. The van der Waals surface area contributed by atoms with E-state index in [9.17, 15) is 0 Å². The van der Waals surface area contributed by atoms with Crippen molar-refractivity contribution in [2.75, 3.05) is 6.54 Å². The van der Waals surface area contributed by atoms with Crippen LogP contribution in [-0.4, -0.2) is 16.3 Å². The smallest absolute Gasteiger partial charge is 0.0693 e. The van der Waals surface area contributed by atoms with Crippen LogP contribution >= 0.6 is 0 Å². The molecule has 1 heterocycles. The lowest BCUT2D eigenvalue weighted by Crippen LogP contribution is -2.21. The molecule has 1 aromatic heterocycles. The predicted molar refractivity (Wildman–Crippen MR) is 75.0 cm³/mol. The Hall–Kier alpha value is -1.61. The molecule has 1 unspecified atom stereocenters. The summed E-state index contributed by atoms with van der Waals surface area (Å²) in [7, 11) is 0. The molecule has 0 saturated carbocycles. The van der Waals surface area contributed by atoms with Crippen LogP contribution in [0.1, 0.15) is 37.4 Å². The van der Waals surface area contributed by atoms with Gasteiger partial charge in [0.25, 0.3) is 0 Å². The second-order valence-corrected chi connectivity index (χ2v) is 4.54. The second kappa shape index (κ2) is 5.83. The van der Waals surface area contributed by atoms with E-state index in [0.29, 0.717) is 6.04 Å². The quantitative estimate of drug-likeness (QED) is 0.873. The van der Waals surface area contributed by atoms with E-state index in [1.165, 1.54) is 16.8 Å². The summed E-state index contributed by atoms with van der Waals surface area (Å²) >= 11 is 0. The van der Waals surface area contributed by atoms with Crippen LogP contribution in [0.25, 0.3) is 5.69 Å². The van der Waals surface area contributed by atoms with Crippen LogP contribution < -0.4 is 5.32 Å². The Morgan fingerprint density at radius 2 is 2.06 bits per heavy atom. The number of para-hydroxylation sites is 1. The molecule has 3 heteroatoms. The Kier molecular flexibility index (Phi) is 4.15. The first-order valence-corrected chi connectivity index (χ1v) is 6.60. The summed E-state index contributed by atoms with van der Waals surface area (Å²) in [5.74, 6) is 0. The van der Waals surface area contributed by atoms with Gasteiger partial charge in [-0.25, -0.2) is 4.68 Å². The van der Waals surface area contributed by atoms with E-state index in [4.69, 9.17) is 0 Å². The monoisotopic (exact) mass is 243 g/mol. The van der Waals surface area contributed by atoms with Crippen molar-refractivity contribution in [1.82, 2.24) is 15.1 Å². The predicted octanol–water partition coefficient (Wildman–Crippen LogP) is 3.24. The standard InChI is InChI=1S/C15H21N3/c1-4-14(16-5-2)13-8-6-7-9-15(13)18-11-12(3)10-17-18/h6-11,14,16H,4-5H2,1-3H3. The molecule has 2 rings (SSSR count). The average molecular weight is 243 g/mol. The molecule has 1 N–H and O–H groups in total. The lowest BCUT2D eigenvalue weighted by molar-refractivity contribution is 0.534. The van der Waals surface area contributed by atoms with E-state index >= 15 is 0 Å². The third-order valence-electron chi connectivity index (χ3n) is 3.13. The van der Waals surface area contributed by atoms with Gasteiger partial charge < -0.3 is 5.32 Å². The first-order chi connectivity index (χ1) is 8.76. The fraction of sp³-hybridized carbons (Fsp3) is 0.400. The summed E-state index contributed by atoms with van der Waals surface area (Å²) in [5, 5.41) is 7.94. The van der Waals surface area contributed by atoms with Crippen molar-refractivity contribution >= 4 is 0 Å². The Labute approximate surface area is 109 Å². The third kappa shape index (κ3) is 2.62. The average Bonchev–Trinajstić information content (AvgIpc) is 2.82. The molecule has 0 aliphatic rings. The van der Waals surface area contributed by atoms with E-state index in [-0.39, 0.29) is 0 Å². The van der Waals surface area contributed by atoms with Crippen LogP contribution in [0.5, 0.6) is 0 Å². The summed E-state index contributed by atoms with van der Waals surface area (Å²) in [6, 6.07) is 8.85. The molecule has 18 heavy (non-hydrogen) atoms. The van der Waals surface area contributed by atoms with Gasteiger partial charge in [-0.15, -0.1) is 0 Å². The molecule has 0 bridgehead atoms. The van der Waals surface area contributed by atoms with E-state index in [1.54, 1.807) is 0 Å². The zero-order chi connectivity index (χ0) is 13.0. The molecule has 2 aromatic rings. The van der Waals surface area contributed by atoms with Gasteiger partial charge in [0.05, 0.1) is 11.9 Å². The van der Waals surface area contributed by atoms with Crippen LogP contribution in [0, 0.1) is 6.92 Å². The minimum absolute atomic E-state index is 0.385. The van der Waals surface area contributed by atoms with Crippen molar-refractivity contribution in [3.63, 3.8) is 0 Å². The van der Waals surface area contributed by atoms with Crippen LogP contribution in [0.4, 0.5) is 0 Å². The Morgan fingerprint density at radius 3 is 2.67 bits per heavy atom. The van der Waals surface area contributed by atoms with Gasteiger partial charge in [0.1, 0.15) is 0 Å². The van der Waals surface area contributed by atoms with Crippen LogP contribution in [0.15, 0.2) is 36.7 Å². The van der Waals surface area contributed by atoms with Crippen LogP contribution in [0.3, 0.4) is 0 Å². The van der Waals surface area contributed by atoms with Gasteiger partial charge in [-0.3, -0.25) is 0 Å². The summed E-state index contributed by atoms with van der Waals surface area (Å²) in [4.78, 5) is 0. The molecule has 0 fully saturated rings. The van der Waals surface area contributed by atoms with Gasteiger partial charge in [0.2, 0.25) is 0 Å². The van der Waals surface area contributed by atoms with Gasteiger partial charge in [0.15, 0.2) is 0 Å².